The number of hydroxylamine groups is 4. The highest BCUT2D eigenvalue weighted by atomic mass is 16.5. The smallest absolute Gasteiger partial charge is 0.258 e. The summed E-state index contributed by atoms with van der Waals surface area (Å²) in [5.74, 6) is -7.33. The van der Waals surface area contributed by atoms with Crippen LogP contribution in [0.2, 0.25) is 0 Å². The fourth-order valence-corrected chi connectivity index (χ4v) is 5.82. The number of fused-ring (bicyclic) bond motifs is 4. The van der Waals surface area contributed by atoms with Crippen LogP contribution < -0.4 is 4.74 Å². The van der Waals surface area contributed by atoms with Gasteiger partial charge in [0.2, 0.25) is 0 Å². The fourth-order valence-electron chi connectivity index (χ4n) is 5.82. The van der Waals surface area contributed by atoms with Crippen molar-refractivity contribution in [1.82, 2.24) is 10.1 Å². The number of amides is 4. The summed E-state index contributed by atoms with van der Waals surface area (Å²) in [6.45, 7) is 0. The van der Waals surface area contributed by atoms with E-state index in [0.29, 0.717) is 11.1 Å². The zero-order valence-corrected chi connectivity index (χ0v) is 16.5. The molecule has 31 heavy (non-hydrogen) atoms. The molecule has 2 aliphatic heterocycles. The molecule has 4 aliphatic rings. The zero-order valence-electron chi connectivity index (χ0n) is 16.5. The maximum atomic E-state index is 12.8. The van der Waals surface area contributed by atoms with E-state index in [1.54, 1.807) is 18.2 Å². The highest BCUT2D eigenvalue weighted by molar-refractivity contribution is 6.06. The van der Waals surface area contributed by atoms with Gasteiger partial charge in [-0.15, -0.1) is 0 Å². The van der Waals surface area contributed by atoms with E-state index in [9.17, 15) is 34.7 Å². The molecule has 10 heteroatoms. The molecular weight excluding hydrogens is 408 g/mol. The van der Waals surface area contributed by atoms with Crippen LogP contribution in [0.5, 0.6) is 11.5 Å². The molecule has 1 saturated carbocycles. The van der Waals surface area contributed by atoms with E-state index in [1.807, 2.05) is 0 Å². The standard InChI is InChI=1S/C21H20N2O8/c1-31-14-6-8(2-5-13(14)24)15-9-3-4-10-16(20(27)22(29)18(10)25)11(9)7-12-17(15)21(28)23(30)19(12)26/h2-3,5-6,10-12,15-17,24,29-30H,4,7H2,1H3. The summed E-state index contributed by atoms with van der Waals surface area (Å²) in [6.07, 6.45) is 2.12. The number of imide groups is 2. The molecule has 0 bridgehead atoms. The molecule has 10 nitrogen and oxygen atoms in total. The van der Waals surface area contributed by atoms with Crippen molar-refractivity contribution in [2.45, 2.75) is 18.8 Å². The van der Waals surface area contributed by atoms with Gasteiger partial charge in [0, 0.05) is 5.92 Å². The number of carbonyl (C=O) groups is 4. The van der Waals surface area contributed by atoms with Crippen molar-refractivity contribution >= 4 is 23.6 Å². The number of aromatic hydroxyl groups is 1. The molecule has 1 aromatic carbocycles. The Kier molecular flexibility index (Phi) is 4.21. The lowest BCUT2D eigenvalue weighted by atomic mass is 9.57. The quantitative estimate of drug-likeness (QED) is 0.357. The Labute approximate surface area is 176 Å². The van der Waals surface area contributed by atoms with Crippen LogP contribution in [0.4, 0.5) is 0 Å². The van der Waals surface area contributed by atoms with Crippen molar-refractivity contribution in [3.05, 3.63) is 35.4 Å². The summed E-state index contributed by atoms with van der Waals surface area (Å²) in [6, 6.07) is 4.58. The first-order valence-electron chi connectivity index (χ1n) is 9.96. The molecule has 2 saturated heterocycles. The van der Waals surface area contributed by atoms with Gasteiger partial charge in [0.1, 0.15) is 0 Å². The third kappa shape index (κ3) is 2.52. The Morgan fingerprint density at radius 1 is 0.903 bits per heavy atom. The summed E-state index contributed by atoms with van der Waals surface area (Å²) in [5, 5.41) is 30.2. The Bertz CT molecular complexity index is 1070. The van der Waals surface area contributed by atoms with Crippen molar-refractivity contribution < 1.29 is 39.4 Å². The summed E-state index contributed by atoms with van der Waals surface area (Å²) < 4.78 is 5.19. The molecular formula is C21H20N2O8. The number of carbonyl (C=O) groups excluding carboxylic acids is 4. The van der Waals surface area contributed by atoms with Gasteiger partial charge in [0.15, 0.2) is 11.5 Å². The maximum absolute atomic E-state index is 12.8. The number of benzene rings is 1. The van der Waals surface area contributed by atoms with Crippen molar-refractivity contribution in [3.63, 3.8) is 0 Å². The monoisotopic (exact) mass is 428 g/mol. The van der Waals surface area contributed by atoms with Crippen LogP contribution in [-0.4, -0.2) is 56.4 Å². The lowest BCUT2D eigenvalue weighted by molar-refractivity contribution is -0.174. The second-order valence-corrected chi connectivity index (χ2v) is 8.43. The van der Waals surface area contributed by atoms with Gasteiger partial charge in [-0.25, -0.2) is 0 Å². The number of phenolic OH excluding ortho intramolecular Hbond substituents is 1. The molecule has 0 radical (unpaired) electrons. The topological polar surface area (TPSA) is 145 Å². The van der Waals surface area contributed by atoms with E-state index in [4.69, 9.17) is 4.74 Å². The van der Waals surface area contributed by atoms with Gasteiger partial charge in [-0.05, 0) is 36.5 Å². The first kappa shape index (κ1) is 19.7. The van der Waals surface area contributed by atoms with Crippen LogP contribution in [0, 0.1) is 29.6 Å². The van der Waals surface area contributed by atoms with Crippen LogP contribution in [0.3, 0.4) is 0 Å². The van der Waals surface area contributed by atoms with E-state index in [0.717, 1.165) is 0 Å². The predicted molar refractivity (Wildman–Crippen MR) is 99.4 cm³/mol. The van der Waals surface area contributed by atoms with Crippen molar-refractivity contribution in [2.75, 3.05) is 7.11 Å². The van der Waals surface area contributed by atoms with E-state index >= 15 is 0 Å². The van der Waals surface area contributed by atoms with E-state index in [2.05, 4.69) is 0 Å². The average molecular weight is 428 g/mol. The Morgan fingerprint density at radius 3 is 2.23 bits per heavy atom. The second kappa shape index (κ2) is 6.63. The number of hydrogen-bond acceptors (Lipinski definition) is 8. The van der Waals surface area contributed by atoms with E-state index < -0.39 is 59.1 Å². The highest BCUT2D eigenvalue weighted by Crippen LogP contribution is 2.57. The molecule has 1 aromatic rings. The minimum Gasteiger partial charge on any atom is -0.504 e. The van der Waals surface area contributed by atoms with Crippen molar-refractivity contribution in [1.29, 1.82) is 0 Å². The van der Waals surface area contributed by atoms with Gasteiger partial charge in [-0.2, -0.15) is 10.1 Å². The molecule has 0 aromatic heterocycles. The summed E-state index contributed by atoms with van der Waals surface area (Å²) >= 11 is 0. The zero-order chi connectivity index (χ0) is 22.2. The van der Waals surface area contributed by atoms with Crippen molar-refractivity contribution in [2.24, 2.45) is 29.6 Å². The lowest BCUT2D eigenvalue weighted by Gasteiger charge is -2.43. The average Bonchev–Trinajstić information content (AvgIpc) is 3.12. The van der Waals surface area contributed by atoms with Crippen LogP contribution in [-0.2, 0) is 19.2 Å². The first-order valence-corrected chi connectivity index (χ1v) is 9.96. The molecule has 2 aliphatic carbocycles. The molecule has 5 rings (SSSR count). The predicted octanol–water partition coefficient (Wildman–Crippen LogP) is 0.815. The first-order chi connectivity index (χ1) is 14.8. The number of allylic oxidation sites excluding steroid dienone is 2. The molecule has 3 fully saturated rings. The molecule has 2 heterocycles. The molecule has 4 amide bonds. The molecule has 6 atom stereocenters. The molecule has 0 spiro atoms. The number of phenols is 1. The number of hydrogen-bond donors (Lipinski definition) is 3. The Hall–Kier alpha value is -3.24. The van der Waals surface area contributed by atoms with Crippen molar-refractivity contribution in [3.8, 4) is 11.5 Å². The second-order valence-electron chi connectivity index (χ2n) is 8.43. The van der Waals surface area contributed by atoms with Gasteiger partial charge in [-0.3, -0.25) is 29.6 Å². The SMILES string of the molecule is COc1cc(C2C3=CCC4C(=O)N(O)C(=O)C4C3CC3C(=O)N(O)C(=O)C32)ccc1O. The Balaban J connectivity index is 1.67. The normalized spacial score (nSPS) is 34.5. The molecule has 162 valence electrons. The number of ether oxygens (including phenoxy) is 1. The lowest BCUT2D eigenvalue weighted by Crippen LogP contribution is -2.42. The number of rotatable bonds is 2. The third-order valence-corrected chi connectivity index (χ3v) is 7.16. The largest absolute Gasteiger partial charge is 0.504 e. The van der Waals surface area contributed by atoms with E-state index in [1.165, 1.54) is 13.2 Å². The summed E-state index contributed by atoms with van der Waals surface area (Å²) in [5.41, 5.74) is 1.29. The number of methoxy groups -OCH3 is 1. The minimum absolute atomic E-state index is 0.0991. The van der Waals surface area contributed by atoms with Crippen LogP contribution in [0.1, 0.15) is 24.3 Å². The summed E-state index contributed by atoms with van der Waals surface area (Å²) in [7, 11) is 1.38. The highest BCUT2D eigenvalue weighted by Gasteiger charge is 2.62. The van der Waals surface area contributed by atoms with Gasteiger partial charge in [0.05, 0.1) is 30.8 Å². The summed E-state index contributed by atoms with van der Waals surface area (Å²) in [4.78, 5) is 50.4. The maximum Gasteiger partial charge on any atom is 0.258 e. The van der Waals surface area contributed by atoms with Crippen LogP contribution >= 0.6 is 0 Å². The van der Waals surface area contributed by atoms with Crippen LogP contribution in [0.25, 0.3) is 0 Å². The molecule has 3 N–H and O–H groups in total. The van der Waals surface area contributed by atoms with E-state index in [-0.39, 0.29) is 34.5 Å². The van der Waals surface area contributed by atoms with Gasteiger partial charge >= 0.3 is 0 Å². The van der Waals surface area contributed by atoms with Gasteiger partial charge in [-0.1, -0.05) is 17.7 Å². The number of nitrogens with zero attached hydrogens (tertiary/aromatic N) is 2. The third-order valence-electron chi connectivity index (χ3n) is 7.16. The fraction of sp³-hybridized carbons (Fsp3) is 0.429. The van der Waals surface area contributed by atoms with Gasteiger partial charge in [0.25, 0.3) is 23.6 Å². The minimum atomic E-state index is -0.886. The Morgan fingerprint density at radius 2 is 1.55 bits per heavy atom. The van der Waals surface area contributed by atoms with Crippen LogP contribution in [0.15, 0.2) is 29.8 Å². The molecule has 6 unspecified atom stereocenters. The van der Waals surface area contributed by atoms with Gasteiger partial charge < -0.3 is 9.84 Å².